The van der Waals surface area contributed by atoms with Gasteiger partial charge in [0.05, 0.1) is 6.42 Å². The lowest BCUT2D eigenvalue weighted by atomic mass is 10.1. The third kappa shape index (κ3) is 3.75. The average molecular weight is 328 g/mol. The summed E-state index contributed by atoms with van der Waals surface area (Å²) in [5.74, 6) is 1.05. The largest absolute Gasteiger partial charge is 0.408 e. The molecule has 0 aliphatic carbocycles. The van der Waals surface area contributed by atoms with Gasteiger partial charge < -0.3 is 14.2 Å². The molecule has 1 amide bonds. The molecular weight excluding hydrogens is 304 g/mol. The molecule has 0 radical (unpaired) electrons. The van der Waals surface area contributed by atoms with Crippen molar-refractivity contribution >= 4 is 11.9 Å². The third-order valence-corrected chi connectivity index (χ3v) is 4.30. The summed E-state index contributed by atoms with van der Waals surface area (Å²) in [6, 6.07) is 8.69. The molecule has 128 valence electrons. The topological polar surface area (TPSA) is 62.5 Å². The van der Waals surface area contributed by atoms with Gasteiger partial charge in [0.15, 0.2) is 0 Å². The molecule has 0 spiro atoms. The summed E-state index contributed by atoms with van der Waals surface area (Å²) in [6.07, 6.45) is 0.457. The number of hydrogen-bond donors (Lipinski definition) is 0. The first-order chi connectivity index (χ1) is 11.5. The van der Waals surface area contributed by atoms with Crippen LogP contribution in [0.2, 0.25) is 0 Å². The van der Waals surface area contributed by atoms with Crippen LogP contribution in [-0.4, -0.2) is 47.2 Å². The number of hydrogen-bond acceptors (Lipinski definition) is 5. The second kappa shape index (κ2) is 7.03. The minimum absolute atomic E-state index is 0.173. The summed E-state index contributed by atoms with van der Waals surface area (Å²) >= 11 is 0. The smallest absolute Gasteiger partial charge is 0.318 e. The summed E-state index contributed by atoms with van der Waals surface area (Å²) in [7, 11) is 0. The fourth-order valence-corrected chi connectivity index (χ4v) is 2.73. The van der Waals surface area contributed by atoms with E-state index in [1.165, 1.54) is 5.56 Å². The normalized spacial score (nSPS) is 15.2. The molecule has 1 saturated heterocycles. The van der Waals surface area contributed by atoms with Gasteiger partial charge in [-0.15, -0.1) is 5.10 Å². The van der Waals surface area contributed by atoms with Crippen molar-refractivity contribution in [2.75, 3.05) is 31.1 Å². The van der Waals surface area contributed by atoms with Crippen molar-refractivity contribution in [3.63, 3.8) is 0 Å². The number of aromatic nitrogens is 2. The van der Waals surface area contributed by atoms with E-state index in [4.69, 9.17) is 4.42 Å². The predicted molar refractivity (Wildman–Crippen MR) is 92.1 cm³/mol. The van der Waals surface area contributed by atoms with E-state index in [1.807, 2.05) is 49.9 Å². The Bertz CT molecular complexity index is 685. The van der Waals surface area contributed by atoms with E-state index in [0.717, 1.165) is 18.7 Å². The number of carbonyl (C=O) groups is 1. The van der Waals surface area contributed by atoms with Crippen molar-refractivity contribution < 1.29 is 9.21 Å². The zero-order valence-corrected chi connectivity index (χ0v) is 14.5. The average Bonchev–Trinajstić information content (AvgIpc) is 3.07. The Hall–Kier alpha value is -2.37. The molecule has 6 heteroatoms. The van der Waals surface area contributed by atoms with Gasteiger partial charge in [-0.1, -0.05) is 48.8 Å². The van der Waals surface area contributed by atoms with Crippen LogP contribution in [0.5, 0.6) is 0 Å². The third-order valence-electron chi connectivity index (χ3n) is 4.30. The highest BCUT2D eigenvalue weighted by molar-refractivity contribution is 5.79. The highest BCUT2D eigenvalue weighted by Crippen LogP contribution is 2.19. The van der Waals surface area contributed by atoms with Crippen LogP contribution in [-0.2, 0) is 11.2 Å². The van der Waals surface area contributed by atoms with Crippen molar-refractivity contribution in [2.45, 2.75) is 33.1 Å². The lowest BCUT2D eigenvalue weighted by Gasteiger charge is -2.33. The molecule has 0 saturated carbocycles. The quantitative estimate of drug-likeness (QED) is 0.862. The Kier molecular flexibility index (Phi) is 4.83. The van der Waals surface area contributed by atoms with Gasteiger partial charge in [0.2, 0.25) is 11.8 Å². The van der Waals surface area contributed by atoms with Gasteiger partial charge in [0, 0.05) is 32.1 Å². The monoisotopic (exact) mass is 328 g/mol. The summed E-state index contributed by atoms with van der Waals surface area (Å²) in [5, 5.41) is 8.18. The molecule has 1 aromatic heterocycles. The number of carbonyl (C=O) groups excluding carboxylic acids is 1. The molecule has 2 aromatic rings. The van der Waals surface area contributed by atoms with Crippen molar-refractivity contribution in [1.82, 2.24) is 15.1 Å². The van der Waals surface area contributed by atoms with Gasteiger partial charge in [0.25, 0.3) is 0 Å². The molecular formula is C18H24N4O2. The van der Waals surface area contributed by atoms with Gasteiger partial charge in [-0.05, 0) is 12.5 Å². The standard InChI is InChI=1S/C18H24N4O2/c1-13(2)17-19-20-18(24-17)22-10-8-21(9-11-22)16(23)12-15-6-4-14(3)5-7-15/h4-7,13H,8-12H2,1-3H3. The van der Waals surface area contributed by atoms with Crippen LogP contribution in [0, 0.1) is 6.92 Å². The number of benzene rings is 1. The van der Waals surface area contributed by atoms with Crippen LogP contribution in [0.4, 0.5) is 6.01 Å². The second-order valence-corrected chi connectivity index (χ2v) is 6.61. The van der Waals surface area contributed by atoms with Gasteiger partial charge in [-0.2, -0.15) is 0 Å². The van der Waals surface area contributed by atoms with E-state index >= 15 is 0 Å². The highest BCUT2D eigenvalue weighted by atomic mass is 16.4. The highest BCUT2D eigenvalue weighted by Gasteiger charge is 2.24. The first kappa shape index (κ1) is 16.5. The van der Waals surface area contributed by atoms with Gasteiger partial charge in [-0.3, -0.25) is 4.79 Å². The minimum Gasteiger partial charge on any atom is -0.408 e. The number of amides is 1. The first-order valence-electron chi connectivity index (χ1n) is 8.44. The second-order valence-electron chi connectivity index (χ2n) is 6.61. The maximum absolute atomic E-state index is 12.4. The maximum Gasteiger partial charge on any atom is 0.318 e. The molecule has 0 N–H and O–H groups in total. The zero-order valence-electron chi connectivity index (χ0n) is 14.5. The Balaban J connectivity index is 1.54. The Labute approximate surface area is 142 Å². The van der Waals surface area contributed by atoms with Crippen LogP contribution in [0.25, 0.3) is 0 Å². The number of rotatable bonds is 4. The summed E-state index contributed by atoms with van der Waals surface area (Å²) in [6.45, 7) is 8.91. The van der Waals surface area contributed by atoms with Crippen LogP contribution in [0.15, 0.2) is 28.7 Å². The molecule has 0 atom stereocenters. The number of anilines is 1. The molecule has 24 heavy (non-hydrogen) atoms. The fraction of sp³-hybridized carbons (Fsp3) is 0.500. The molecule has 3 rings (SSSR count). The fourth-order valence-electron chi connectivity index (χ4n) is 2.73. The van der Waals surface area contributed by atoms with E-state index in [2.05, 4.69) is 15.1 Å². The van der Waals surface area contributed by atoms with Crippen molar-refractivity contribution in [3.8, 4) is 0 Å². The molecule has 6 nitrogen and oxygen atoms in total. The lowest BCUT2D eigenvalue weighted by Crippen LogP contribution is -2.49. The van der Waals surface area contributed by atoms with Crippen LogP contribution >= 0.6 is 0 Å². The molecule has 0 unspecified atom stereocenters. The molecule has 1 aromatic carbocycles. The first-order valence-corrected chi connectivity index (χ1v) is 8.44. The Morgan fingerprint density at radius 3 is 2.38 bits per heavy atom. The van der Waals surface area contributed by atoms with Crippen LogP contribution in [0.1, 0.15) is 36.8 Å². The van der Waals surface area contributed by atoms with E-state index < -0.39 is 0 Å². The Morgan fingerprint density at radius 2 is 1.79 bits per heavy atom. The summed E-state index contributed by atoms with van der Waals surface area (Å²) in [4.78, 5) is 16.4. The molecule has 0 bridgehead atoms. The van der Waals surface area contributed by atoms with E-state index in [1.54, 1.807) is 0 Å². The SMILES string of the molecule is Cc1ccc(CC(=O)N2CCN(c3nnc(C(C)C)o3)CC2)cc1. The Morgan fingerprint density at radius 1 is 1.12 bits per heavy atom. The molecule has 1 aliphatic rings. The lowest BCUT2D eigenvalue weighted by molar-refractivity contribution is -0.130. The number of piperazine rings is 1. The van der Waals surface area contributed by atoms with E-state index in [0.29, 0.717) is 31.4 Å². The number of aryl methyl sites for hydroxylation is 1. The molecule has 1 aliphatic heterocycles. The summed E-state index contributed by atoms with van der Waals surface area (Å²) in [5.41, 5.74) is 2.27. The van der Waals surface area contributed by atoms with E-state index in [-0.39, 0.29) is 11.8 Å². The van der Waals surface area contributed by atoms with Gasteiger partial charge in [-0.25, -0.2) is 0 Å². The van der Waals surface area contributed by atoms with Crippen LogP contribution in [0.3, 0.4) is 0 Å². The van der Waals surface area contributed by atoms with Crippen molar-refractivity contribution in [2.24, 2.45) is 0 Å². The zero-order chi connectivity index (χ0) is 17.1. The maximum atomic E-state index is 12.4. The van der Waals surface area contributed by atoms with Crippen LogP contribution < -0.4 is 4.90 Å². The van der Waals surface area contributed by atoms with Crippen molar-refractivity contribution in [1.29, 1.82) is 0 Å². The van der Waals surface area contributed by atoms with Gasteiger partial charge in [0.1, 0.15) is 0 Å². The number of nitrogens with zero attached hydrogens (tertiary/aromatic N) is 4. The molecule has 2 heterocycles. The molecule has 1 fully saturated rings. The predicted octanol–water partition coefficient (Wildman–Crippen LogP) is 2.39. The van der Waals surface area contributed by atoms with Gasteiger partial charge >= 0.3 is 6.01 Å². The minimum atomic E-state index is 0.173. The van der Waals surface area contributed by atoms with Crippen molar-refractivity contribution in [3.05, 3.63) is 41.3 Å². The summed E-state index contributed by atoms with van der Waals surface area (Å²) < 4.78 is 5.69. The van der Waals surface area contributed by atoms with E-state index in [9.17, 15) is 4.79 Å².